The Morgan fingerprint density at radius 2 is 2.30 bits per heavy atom. The van der Waals surface area contributed by atoms with Gasteiger partial charge in [-0.15, -0.1) is 0 Å². The van der Waals surface area contributed by atoms with Crippen LogP contribution in [0.2, 0.25) is 0 Å². The third kappa shape index (κ3) is 3.08. The van der Waals surface area contributed by atoms with Gasteiger partial charge in [-0.05, 0) is 50.2 Å². The van der Waals surface area contributed by atoms with Crippen LogP contribution in [-0.2, 0) is 6.54 Å². The number of piperidine rings is 1. The Hall–Kier alpha value is -1.24. The van der Waals surface area contributed by atoms with E-state index in [4.69, 9.17) is 10.3 Å². The molecular formula is C14H20N4OS. The zero-order valence-electron chi connectivity index (χ0n) is 11.7. The normalized spacial score (nSPS) is 19.3. The first kappa shape index (κ1) is 13.7. The molecule has 0 radical (unpaired) electrons. The maximum atomic E-state index is 5.97. The van der Waals surface area contributed by atoms with Gasteiger partial charge in [0.1, 0.15) is 0 Å². The molecular weight excluding hydrogens is 272 g/mol. The van der Waals surface area contributed by atoms with Gasteiger partial charge in [0, 0.05) is 11.4 Å². The first-order chi connectivity index (χ1) is 9.72. The van der Waals surface area contributed by atoms with Crippen molar-refractivity contribution in [3.05, 3.63) is 22.7 Å². The minimum Gasteiger partial charge on any atom is -0.334 e. The number of thiophene rings is 1. The van der Waals surface area contributed by atoms with E-state index in [1.165, 1.54) is 0 Å². The molecule has 3 heterocycles. The Balaban J connectivity index is 1.57. The molecule has 108 valence electrons. The molecule has 2 aromatic rings. The summed E-state index contributed by atoms with van der Waals surface area (Å²) in [6, 6.07) is 2.29. The quantitative estimate of drug-likeness (QED) is 0.937. The standard InChI is InChI=1S/C14H20N4OS/c1-10(15)11-2-5-18(6-3-11)8-13-16-14(19-17-13)12-4-7-20-9-12/h4,7,9-11H,2-3,5-6,8,15H2,1H3. The topological polar surface area (TPSA) is 68.2 Å². The molecule has 1 aliphatic rings. The molecule has 6 heteroatoms. The van der Waals surface area contributed by atoms with Crippen LogP contribution in [0.1, 0.15) is 25.6 Å². The second kappa shape index (κ2) is 6.03. The van der Waals surface area contributed by atoms with Gasteiger partial charge in [0.15, 0.2) is 5.82 Å². The summed E-state index contributed by atoms with van der Waals surface area (Å²) in [5.41, 5.74) is 6.97. The zero-order valence-corrected chi connectivity index (χ0v) is 12.5. The van der Waals surface area contributed by atoms with E-state index in [2.05, 4.69) is 22.0 Å². The molecule has 1 aliphatic heterocycles. The summed E-state index contributed by atoms with van der Waals surface area (Å²) < 4.78 is 5.31. The molecule has 2 N–H and O–H groups in total. The molecule has 1 unspecified atom stereocenters. The fraction of sp³-hybridized carbons (Fsp3) is 0.571. The molecule has 20 heavy (non-hydrogen) atoms. The summed E-state index contributed by atoms with van der Waals surface area (Å²) in [4.78, 5) is 6.84. The number of nitrogens with two attached hydrogens (primary N) is 1. The number of nitrogens with zero attached hydrogens (tertiary/aromatic N) is 3. The summed E-state index contributed by atoms with van der Waals surface area (Å²) in [6.45, 7) is 5.00. The lowest BCUT2D eigenvalue weighted by molar-refractivity contribution is 0.161. The van der Waals surface area contributed by atoms with Crippen LogP contribution in [0.15, 0.2) is 21.3 Å². The van der Waals surface area contributed by atoms with E-state index < -0.39 is 0 Å². The van der Waals surface area contributed by atoms with E-state index in [0.29, 0.717) is 17.9 Å². The minimum absolute atomic E-state index is 0.299. The van der Waals surface area contributed by atoms with Crippen molar-refractivity contribution in [2.75, 3.05) is 13.1 Å². The molecule has 5 nitrogen and oxygen atoms in total. The lowest BCUT2D eigenvalue weighted by Gasteiger charge is -2.32. The van der Waals surface area contributed by atoms with Crippen LogP contribution in [-0.4, -0.2) is 34.2 Å². The first-order valence-electron chi connectivity index (χ1n) is 7.05. The van der Waals surface area contributed by atoms with E-state index in [0.717, 1.165) is 43.9 Å². The Kier molecular flexibility index (Phi) is 4.14. The van der Waals surface area contributed by atoms with Gasteiger partial charge in [-0.2, -0.15) is 16.3 Å². The van der Waals surface area contributed by atoms with Crippen LogP contribution in [0.3, 0.4) is 0 Å². The maximum absolute atomic E-state index is 5.97. The summed E-state index contributed by atoms with van der Waals surface area (Å²) in [5.74, 6) is 2.04. The van der Waals surface area contributed by atoms with Gasteiger partial charge in [-0.1, -0.05) is 5.16 Å². The highest BCUT2D eigenvalue weighted by molar-refractivity contribution is 7.08. The molecule has 2 aromatic heterocycles. The number of likely N-dealkylation sites (tertiary alicyclic amines) is 1. The molecule has 0 aromatic carbocycles. The number of rotatable bonds is 4. The first-order valence-corrected chi connectivity index (χ1v) is 8.00. The van der Waals surface area contributed by atoms with Crippen molar-refractivity contribution < 1.29 is 4.52 Å². The van der Waals surface area contributed by atoms with Crippen LogP contribution in [0.4, 0.5) is 0 Å². The predicted octanol–water partition coefficient (Wildman–Crippen LogP) is 2.36. The average Bonchev–Trinajstić information content (AvgIpc) is 3.09. The molecule has 0 amide bonds. The van der Waals surface area contributed by atoms with Crippen molar-refractivity contribution in [1.82, 2.24) is 15.0 Å². The van der Waals surface area contributed by atoms with Gasteiger partial charge >= 0.3 is 0 Å². The molecule has 0 spiro atoms. The summed E-state index contributed by atoms with van der Waals surface area (Å²) >= 11 is 1.63. The lowest BCUT2D eigenvalue weighted by atomic mass is 9.91. The number of aromatic nitrogens is 2. The third-order valence-corrected chi connectivity index (χ3v) is 4.66. The van der Waals surface area contributed by atoms with Gasteiger partial charge in [0.25, 0.3) is 5.89 Å². The largest absolute Gasteiger partial charge is 0.334 e. The van der Waals surface area contributed by atoms with Crippen LogP contribution in [0, 0.1) is 5.92 Å². The zero-order chi connectivity index (χ0) is 13.9. The Morgan fingerprint density at radius 3 is 2.95 bits per heavy atom. The van der Waals surface area contributed by atoms with Gasteiger partial charge in [0.05, 0.1) is 12.1 Å². The summed E-state index contributed by atoms with van der Waals surface area (Å²) in [5, 5.41) is 8.10. The highest BCUT2D eigenvalue weighted by Gasteiger charge is 2.23. The van der Waals surface area contributed by atoms with Crippen molar-refractivity contribution in [2.24, 2.45) is 11.7 Å². The number of hydrogen-bond donors (Lipinski definition) is 1. The van der Waals surface area contributed by atoms with Crippen molar-refractivity contribution >= 4 is 11.3 Å². The van der Waals surface area contributed by atoms with Crippen LogP contribution < -0.4 is 5.73 Å². The van der Waals surface area contributed by atoms with Gasteiger partial charge < -0.3 is 10.3 Å². The number of hydrogen-bond acceptors (Lipinski definition) is 6. The average molecular weight is 292 g/mol. The molecule has 1 atom stereocenters. The molecule has 0 bridgehead atoms. The Bertz CT molecular complexity index is 529. The van der Waals surface area contributed by atoms with Crippen molar-refractivity contribution in [3.8, 4) is 11.5 Å². The predicted molar refractivity (Wildman–Crippen MR) is 79.3 cm³/mol. The molecule has 3 rings (SSSR count). The van der Waals surface area contributed by atoms with E-state index in [-0.39, 0.29) is 0 Å². The summed E-state index contributed by atoms with van der Waals surface area (Å²) in [6.07, 6.45) is 2.32. The highest BCUT2D eigenvalue weighted by Crippen LogP contribution is 2.22. The lowest BCUT2D eigenvalue weighted by Crippen LogP contribution is -2.39. The maximum Gasteiger partial charge on any atom is 0.258 e. The summed E-state index contributed by atoms with van der Waals surface area (Å²) in [7, 11) is 0. The molecule has 0 aliphatic carbocycles. The van der Waals surface area contributed by atoms with Crippen LogP contribution in [0.5, 0.6) is 0 Å². The monoisotopic (exact) mass is 292 g/mol. The van der Waals surface area contributed by atoms with Crippen molar-refractivity contribution in [2.45, 2.75) is 32.4 Å². The fourth-order valence-corrected chi connectivity index (χ4v) is 3.29. The molecule has 1 saturated heterocycles. The third-order valence-electron chi connectivity index (χ3n) is 3.98. The second-order valence-electron chi connectivity index (χ2n) is 5.50. The SMILES string of the molecule is CC(N)C1CCN(Cc2noc(-c3ccsc3)n2)CC1. The van der Waals surface area contributed by atoms with E-state index >= 15 is 0 Å². The van der Waals surface area contributed by atoms with Gasteiger partial charge in [-0.25, -0.2) is 0 Å². The second-order valence-corrected chi connectivity index (χ2v) is 6.28. The Morgan fingerprint density at radius 1 is 1.50 bits per heavy atom. The van der Waals surface area contributed by atoms with Crippen LogP contribution in [0.25, 0.3) is 11.5 Å². The minimum atomic E-state index is 0.299. The van der Waals surface area contributed by atoms with Crippen molar-refractivity contribution in [1.29, 1.82) is 0 Å². The van der Waals surface area contributed by atoms with Crippen LogP contribution >= 0.6 is 11.3 Å². The van der Waals surface area contributed by atoms with Gasteiger partial charge in [0.2, 0.25) is 0 Å². The van der Waals surface area contributed by atoms with E-state index in [1.54, 1.807) is 11.3 Å². The van der Waals surface area contributed by atoms with E-state index in [1.807, 2.05) is 16.8 Å². The van der Waals surface area contributed by atoms with Crippen molar-refractivity contribution in [3.63, 3.8) is 0 Å². The fourth-order valence-electron chi connectivity index (χ4n) is 2.66. The Labute approximate surface area is 122 Å². The smallest absolute Gasteiger partial charge is 0.258 e. The van der Waals surface area contributed by atoms with Gasteiger partial charge in [-0.3, -0.25) is 4.90 Å². The molecule has 0 saturated carbocycles. The van der Waals surface area contributed by atoms with E-state index in [9.17, 15) is 0 Å². The highest BCUT2D eigenvalue weighted by atomic mass is 32.1. The molecule has 1 fully saturated rings.